The number of ketones is 1. The fraction of sp³-hybridized carbons (Fsp3) is 0.444. The number of nitrogens with zero attached hydrogens (tertiary/aromatic N) is 2. The smallest absolute Gasteiger partial charge is 0.349 e. The van der Waals surface area contributed by atoms with Crippen LogP contribution in [0.4, 0.5) is 0 Å². The van der Waals surface area contributed by atoms with Gasteiger partial charge >= 0.3 is 5.97 Å². The number of nitriles is 1. The van der Waals surface area contributed by atoms with Crippen molar-refractivity contribution in [3.63, 3.8) is 0 Å². The molecular weight excluding hydrogens is 416 g/mol. The summed E-state index contributed by atoms with van der Waals surface area (Å²) < 4.78 is 12.4. The van der Waals surface area contributed by atoms with Gasteiger partial charge < -0.3 is 14.0 Å². The van der Waals surface area contributed by atoms with Crippen LogP contribution in [0.1, 0.15) is 70.9 Å². The molecule has 174 valence electrons. The van der Waals surface area contributed by atoms with Crippen molar-refractivity contribution in [3.05, 3.63) is 64.0 Å². The lowest BCUT2D eigenvalue weighted by atomic mass is 9.84. The molecule has 0 amide bonds. The van der Waals surface area contributed by atoms with Crippen LogP contribution in [0.3, 0.4) is 0 Å². The van der Waals surface area contributed by atoms with E-state index in [-0.39, 0.29) is 11.4 Å². The minimum Gasteiger partial charge on any atom is -0.453 e. The Kier molecular flexibility index (Phi) is 8.62. The zero-order valence-corrected chi connectivity index (χ0v) is 19.7. The summed E-state index contributed by atoms with van der Waals surface area (Å²) in [6.07, 6.45) is 7.72. The van der Waals surface area contributed by atoms with Gasteiger partial charge in [-0.3, -0.25) is 4.79 Å². The highest BCUT2D eigenvalue weighted by Crippen LogP contribution is 2.32. The summed E-state index contributed by atoms with van der Waals surface area (Å²) in [7, 11) is 1.64. The normalized spacial score (nSPS) is 14.7. The third-order valence-corrected chi connectivity index (χ3v) is 6.42. The fourth-order valence-corrected chi connectivity index (χ4v) is 4.46. The molecule has 0 aliphatic heterocycles. The molecule has 1 heterocycles. The number of hydrogen-bond donors (Lipinski definition) is 0. The van der Waals surface area contributed by atoms with Crippen LogP contribution >= 0.6 is 0 Å². The van der Waals surface area contributed by atoms with E-state index in [1.165, 1.54) is 43.7 Å². The Bertz CT molecular complexity index is 1050. The largest absolute Gasteiger partial charge is 0.453 e. The number of esters is 1. The van der Waals surface area contributed by atoms with Gasteiger partial charge in [0.25, 0.3) is 0 Å². The minimum atomic E-state index is -0.800. The van der Waals surface area contributed by atoms with Crippen molar-refractivity contribution in [2.45, 2.75) is 58.4 Å². The maximum absolute atomic E-state index is 12.5. The van der Waals surface area contributed by atoms with Gasteiger partial charge in [0.15, 0.2) is 12.4 Å². The molecule has 3 rings (SSSR count). The molecule has 0 unspecified atom stereocenters. The zero-order valence-electron chi connectivity index (χ0n) is 19.7. The van der Waals surface area contributed by atoms with Crippen molar-refractivity contribution in [2.24, 2.45) is 0 Å². The summed E-state index contributed by atoms with van der Waals surface area (Å²) in [4.78, 5) is 25.0. The van der Waals surface area contributed by atoms with Crippen molar-refractivity contribution in [3.8, 4) is 6.07 Å². The van der Waals surface area contributed by atoms with Gasteiger partial charge in [-0.05, 0) is 55.9 Å². The molecule has 1 aromatic heterocycles. The number of rotatable bonds is 9. The number of carbonyl (C=O) groups is 2. The van der Waals surface area contributed by atoms with Crippen molar-refractivity contribution in [1.29, 1.82) is 5.26 Å². The van der Waals surface area contributed by atoms with Gasteiger partial charge in [-0.15, -0.1) is 0 Å². The first-order chi connectivity index (χ1) is 15.9. The van der Waals surface area contributed by atoms with E-state index in [4.69, 9.17) is 9.47 Å². The lowest BCUT2D eigenvalue weighted by molar-refractivity contribution is -0.137. The highest BCUT2D eigenvalue weighted by molar-refractivity contribution is 6.02. The molecule has 1 saturated carbocycles. The van der Waals surface area contributed by atoms with Crippen LogP contribution < -0.4 is 0 Å². The van der Waals surface area contributed by atoms with Crippen molar-refractivity contribution in [1.82, 2.24) is 4.57 Å². The number of aryl methyl sites for hydroxylation is 1. The molecule has 0 N–H and O–H groups in total. The Morgan fingerprint density at radius 3 is 2.48 bits per heavy atom. The summed E-state index contributed by atoms with van der Waals surface area (Å²) in [5.41, 5.74) is 4.34. The minimum absolute atomic E-state index is 0.137. The van der Waals surface area contributed by atoms with E-state index in [9.17, 15) is 14.9 Å². The third-order valence-electron chi connectivity index (χ3n) is 6.42. The molecule has 1 aromatic carbocycles. The molecule has 1 aliphatic carbocycles. The molecule has 6 nitrogen and oxygen atoms in total. The van der Waals surface area contributed by atoms with E-state index >= 15 is 0 Å². The van der Waals surface area contributed by atoms with Crippen molar-refractivity contribution < 1.29 is 19.1 Å². The second-order valence-corrected chi connectivity index (χ2v) is 8.60. The zero-order chi connectivity index (χ0) is 23.8. The summed E-state index contributed by atoms with van der Waals surface area (Å²) in [6.45, 7) is 4.74. The lowest BCUT2D eigenvalue weighted by Gasteiger charge is -2.22. The first kappa shape index (κ1) is 24.5. The molecule has 1 fully saturated rings. The van der Waals surface area contributed by atoms with E-state index in [0.29, 0.717) is 24.6 Å². The summed E-state index contributed by atoms with van der Waals surface area (Å²) in [6, 6.07) is 11.4. The predicted octanol–water partition coefficient (Wildman–Crippen LogP) is 5.13. The molecule has 6 heteroatoms. The summed E-state index contributed by atoms with van der Waals surface area (Å²) in [5, 5.41) is 9.47. The van der Waals surface area contributed by atoms with Crippen LogP contribution in [-0.4, -0.2) is 36.6 Å². The molecule has 0 saturated heterocycles. The number of benzene rings is 1. The average Bonchev–Trinajstić information content (AvgIpc) is 3.11. The fourth-order valence-electron chi connectivity index (χ4n) is 4.46. The van der Waals surface area contributed by atoms with E-state index < -0.39 is 12.6 Å². The SMILES string of the molecule is COCCn1c(C)cc(/C=C(\C#N)C(=O)OCC(=O)c2ccc(C3CCCCC3)cc2)c1C. The first-order valence-electron chi connectivity index (χ1n) is 11.5. The quantitative estimate of drug-likeness (QED) is 0.230. The average molecular weight is 449 g/mol. The number of hydrogen-bond acceptors (Lipinski definition) is 5. The molecule has 33 heavy (non-hydrogen) atoms. The van der Waals surface area contributed by atoms with E-state index in [0.717, 1.165) is 17.0 Å². The van der Waals surface area contributed by atoms with Crippen molar-refractivity contribution in [2.75, 3.05) is 20.3 Å². The van der Waals surface area contributed by atoms with Gasteiger partial charge in [0.05, 0.1) is 6.61 Å². The summed E-state index contributed by atoms with van der Waals surface area (Å²) >= 11 is 0. The number of aromatic nitrogens is 1. The van der Waals surface area contributed by atoms with Gasteiger partial charge in [-0.25, -0.2) is 4.79 Å². The highest BCUT2D eigenvalue weighted by Gasteiger charge is 2.18. The maximum atomic E-state index is 12.5. The van der Waals surface area contributed by atoms with Crippen LogP contribution in [-0.2, 0) is 20.8 Å². The van der Waals surface area contributed by atoms with E-state index in [1.807, 2.05) is 38.1 Å². The van der Waals surface area contributed by atoms with Crippen molar-refractivity contribution >= 4 is 17.8 Å². The Morgan fingerprint density at radius 2 is 1.85 bits per heavy atom. The van der Waals surface area contributed by atoms with E-state index in [1.54, 1.807) is 19.2 Å². The lowest BCUT2D eigenvalue weighted by Crippen LogP contribution is -2.15. The van der Waals surface area contributed by atoms with Crippen LogP contribution in [0.2, 0.25) is 0 Å². The molecule has 2 aromatic rings. The first-order valence-corrected chi connectivity index (χ1v) is 11.5. The van der Waals surface area contributed by atoms with Crippen LogP contribution in [0, 0.1) is 25.2 Å². The number of ether oxygens (including phenoxy) is 2. The molecule has 0 atom stereocenters. The van der Waals surface area contributed by atoms with Gasteiger partial charge in [0.2, 0.25) is 0 Å². The number of carbonyl (C=O) groups excluding carboxylic acids is 2. The van der Waals surface area contributed by atoms with Gasteiger partial charge in [0.1, 0.15) is 11.6 Å². The summed E-state index contributed by atoms with van der Waals surface area (Å²) in [5.74, 6) is -0.513. The number of methoxy groups -OCH3 is 1. The van der Waals surface area contributed by atoms with E-state index in [2.05, 4.69) is 4.57 Å². The van der Waals surface area contributed by atoms with Gasteiger partial charge in [-0.2, -0.15) is 5.26 Å². The molecule has 0 spiro atoms. The topological polar surface area (TPSA) is 81.3 Å². The standard InChI is InChI=1S/C27H32N2O4/c1-19-15-24(20(2)29(19)13-14-32-3)16-25(17-28)27(31)33-18-26(30)23-11-9-22(10-12-23)21-7-5-4-6-8-21/h9-12,15-16,21H,4-8,13-14,18H2,1-3H3/b25-16+. The molecule has 1 aliphatic rings. The number of Topliss-reactive ketones (excluding diaryl/α,β-unsaturated/α-hetero) is 1. The Morgan fingerprint density at radius 1 is 1.15 bits per heavy atom. The second kappa shape index (κ2) is 11.6. The third kappa shape index (κ3) is 6.21. The Hall–Kier alpha value is -3.17. The second-order valence-electron chi connectivity index (χ2n) is 8.60. The van der Waals surface area contributed by atoms with Crippen LogP contribution in [0.5, 0.6) is 0 Å². The molecule has 0 radical (unpaired) electrons. The predicted molar refractivity (Wildman–Crippen MR) is 127 cm³/mol. The van der Waals surface area contributed by atoms with Crippen LogP contribution in [0.25, 0.3) is 6.08 Å². The Labute approximate surface area is 195 Å². The molecular formula is C27H32N2O4. The maximum Gasteiger partial charge on any atom is 0.349 e. The Balaban J connectivity index is 1.62. The van der Waals surface area contributed by atoms with Crippen LogP contribution in [0.15, 0.2) is 35.9 Å². The monoisotopic (exact) mass is 448 g/mol. The van der Waals surface area contributed by atoms with Gasteiger partial charge in [-0.1, -0.05) is 43.5 Å². The highest BCUT2D eigenvalue weighted by atomic mass is 16.5. The molecule has 0 bridgehead atoms. The van der Waals surface area contributed by atoms with Gasteiger partial charge in [0, 0.05) is 30.6 Å².